The normalized spacial score (nSPS) is 9.29. The van der Waals surface area contributed by atoms with Gasteiger partial charge in [0.05, 0.1) is 18.7 Å². The summed E-state index contributed by atoms with van der Waals surface area (Å²) in [5, 5.41) is 0.190. The average Bonchev–Trinajstić information content (AvgIpc) is 2.21. The fourth-order valence-corrected chi connectivity index (χ4v) is 1.39. The number of nitrogens with zero attached hydrogens (tertiary/aromatic N) is 1. The molecule has 0 saturated carbocycles. The van der Waals surface area contributed by atoms with Crippen molar-refractivity contribution in [2.75, 3.05) is 7.11 Å². The number of hydrogen-bond donors (Lipinski definition) is 0. The van der Waals surface area contributed by atoms with E-state index in [1.807, 2.05) is 0 Å². The summed E-state index contributed by atoms with van der Waals surface area (Å²) in [6.45, 7) is 6.55. The Bertz CT molecular complexity index is 424. The number of ether oxygens (including phenoxy) is 1. The molecule has 14 heavy (non-hydrogen) atoms. The standard InChI is InChI=1S/C9H5Cl2NO2/c1-12-9(13)5-3-4-6(14-2)8(11)7(5)10/h3-4H,2H3. The summed E-state index contributed by atoms with van der Waals surface area (Å²) < 4.78 is 4.89. The van der Waals surface area contributed by atoms with E-state index in [9.17, 15) is 4.79 Å². The van der Waals surface area contributed by atoms with Gasteiger partial charge in [-0.2, -0.15) is 4.85 Å². The zero-order valence-electron chi connectivity index (χ0n) is 7.17. The minimum Gasteiger partial charge on any atom is -0.495 e. The highest BCUT2D eigenvalue weighted by atomic mass is 35.5. The van der Waals surface area contributed by atoms with Crippen molar-refractivity contribution < 1.29 is 9.53 Å². The predicted octanol–water partition coefficient (Wildman–Crippen LogP) is 3.06. The highest BCUT2D eigenvalue weighted by Gasteiger charge is 2.15. The van der Waals surface area contributed by atoms with Crippen LogP contribution in [-0.2, 0) is 0 Å². The Kier molecular flexibility index (Phi) is 3.34. The second-order valence-corrected chi connectivity index (χ2v) is 3.12. The first kappa shape index (κ1) is 10.8. The van der Waals surface area contributed by atoms with Crippen molar-refractivity contribution in [1.29, 1.82) is 0 Å². The maximum Gasteiger partial charge on any atom is 0.387 e. The van der Waals surface area contributed by atoms with Crippen molar-refractivity contribution in [2.45, 2.75) is 0 Å². The fraction of sp³-hybridized carbons (Fsp3) is 0.111. The van der Waals surface area contributed by atoms with E-state index in [1.54, 1.807) is 0 Å². The molecule has 0 aromatic heterocycles. The molecule has 0 spiro atoms. The molecule has 3 nitrogen and oxygen atoms in total. The molecule has 0 bridgehead atoms. The van der Waals surface area contributed by atoms with Crippen LogP contribution in [0.15, 0.2) is 12.1 Å². The first-order valence-electron chi connectivity index (χ1n) is 3.55. The highest BCUT2D eigenvalue weighted by Crippen LogP contribution is 2.34. The molecule has 1 rings (SSSR count). The van der Waals surface area contributed by atoms with E-state index in [4.69, 9.17) is 34.5 Å². The average molecular weight is 230 g/mol. The lowest BCUT2D eigenvalue weighted by molar-refractivity contribution is 0.104. The summed E-state index contributed by atoms with van der Waals surface area (Å²) in [6.07, 6.45) is 0. The van der Waals surface area contributed by atoms with E-state index in [0.717, 1.165) is 0 Å². The van der Waals surface area contributed by atoms with Gasteiger partial charge in [-0.05, 0) is 6.07 Å². The van der Waals surface area contributed by atoms with Crippen molar-refractivity contribution >= 4 is 29.1 Å². The topological polar surface area (TPSA) is 30.7 Å². The molecule has 0 unspecified atom stereocenters. The molecule has 0 radical (unpaired) electrons. The van der Waals surface area contributed by atoms with Crippen molar-refractivity contribution in [3.8, 4) is 5.75 Å². The number of carbonyl (C=O) groups is 1. The fourth-order valence-electron chi connectivity index (χ4n) is 0.915. The molecule has 0 aliphatic rings. The maximum absolute atomic E-state index is 11.0. The lowest BCUT2D eigenvalue weighted by atomic mass is 10.2. The molecule has 0 fully saturated rings. The van der Waals surface area contributed by atoms with Gasteiger partial charge in [0.1, 0.15) is 10.8 Å². The van der Waals surface area contributed by atoms with Gasteiger partial charge in [0.25, 0.3) is 0 Å². The van der Waals surface area contributed by atoms with Gasteiger partial charge in [0.2, 0.25) is 0 Å². The van der Waals surface area contributed by atoms with Crippen LogP contribution in [0, 0.1) is 6.57 Å². The van der Waals surface area contributed by atoms with Crippen molar-refractivity contribution in [3.05, 3.63) is 39.2 Å². The van der Waals surface area contributed by atoms with E-state index >= 15 is 0 Å². The highest BCUT2D eigenvalue weighted by molar-refractivity contribution is 6.45. The van der Waals surface area contributed by atoms with E-state index in [-0.39, 0.29) is 15.6 Å². The molecule has 1 aromatic carbocycles. The summed E-state index contributed by atoms with van der Waals surface area (Å²) in [7, 11) is 1.44. The lowest BCUT2D eigenvalue weighted by Gasteiger charge is -2.06. The number of amides is 1. The SMILES string of the molecule is [C-]#[N+]C(=O)c1ccc(OC)c(Cl)c1Cl. The minimum absolute atomic E-state index is 0.0482. The maximum atomic E-state index is 11.0. The first-order chi connectivity index (χ1) is 6.61. The second-order valence-electron chi connectivity index (χ2n) is 2.36. The minimum atomic E-state index is -0.737. The number of rotatable bonds is 2. The zero-order valence-corrected chi connectivity index (χ0v) is 8.69. The lowest BCUT2D eigenvalue weighted by Crippen LogP contribution is -1.95. The summed E-state index contributed by atoms with van der Waals surface area (Å²) in [4.78, 5) is 13.8. The monoisotopic (exact) mass is 229 g/mol. The number of halogens is 2. The van der Waals surface area contributed by atoms with Crippen molar-refractivity contribution in [2.24, 2.45) is 0 Å². The summed E-state index contributed by atoms with van der Waals surface area (Å²) >= 11 is 11.6. The van der Waals surface area contributed by atoms with Crippen LogP contribution in [0.5, 0.6) is 5.75 Å². The van der Waals surface area contributed by atoms with E-state index in [2.05, 4.69) is 4.85 Å². The largest absolute Gasteiger partial charge is 0.495 e. The Hall–Kier alpha value is -1.24. The smallest absolute Gasteiger partial charge is 0.387 e. The molecule has 0 heterocycles. The molecule has 0 aliphatic carbocycles. The van der Waals surface area contributed by atoms with Gasteiger partial charge in [-0.15, -0.1) is 0 Å². The molecule has 1 amide bonds. The second kappa shape index (κ2) is 4.32. The number of hydrogen-bond acceptors (Lipinski definition) is 2. The molecule has 0 atom stereocenters. The van der Waals surface area contributed by atoms with E-state index in [0.29, 0.717) is 5.75 Å². The van der Waals surface area contributed by atoms with Crippen LogP contribution in [0.25, 0.3) is 4.85 Å². The predicted molar refractivity (Wildman–Crippen MR) is 53.9 cm³/mol. The Balaban J connectivity index is 3.32. The number of methoxy groups -OCH3 is 1. The molecule has 5 heteroatoms. The molecule has 0 aliphatic heterocycles. The molecule has 0 saturated heterocycles. The number of benzene rings is 1. The van der Waals surface area contributed by atoms with Gasteiger partial charge < -0.3 is 9.53 Å². The van der Waals surface area contributed by atoms with Crippen LogP contribution in [0.4, 0.5) is 0 Å². The number of carbonyl (C=O) groups excluding carboxylic acids is 1. The van der Waals surface area contributed by atoms with Crippen LogP contribution >= 0.6 is 23.2 Å². The van der Waals surface area contributed by atoms with Crippen LogP contribution in [0.2, 0.25) is 10.0 Å². The third-order valence-corrected chi connectivity index (χ3v) is 2.46. The van der Waals surface area contributed by atoms with Gasteiger partial charge in [0, 0.05) is 5.56 Å². The molecule has 72 valence electrons. The van der Waals surface area contributed by atoms with Crippen molar-refractivity contribution in [1.82, 2.24) is 0 Å². The van der Waals surface area contributed by atoms with Gasteiger partial charge in [-0.3, -0.25) is 0 Å². The van der Waals surface area contributed by atoms with Gasteiger partial charge in [-0.1, -0.05) is 29.3 Å². The third kappa shape index (κ3) is 1.82. The van der Waals surface area contributed by atoms with Crippen LogP contribution in [0.1, 0.15) is 10.4 Å². The van der Waals surface area contributed by atoms with Gasteiger partial charge in [-0.25, -0.2) is 0 Å². The molecule has 1 aromatic rings. The van der Waals surface area contributed by atoms with Gasteiger partial charge in [0.15, 0.2) is 0 Å². The van der Waals surface area contributed by atoms with Crippen LogP contribution in [0.3, 0.4) is 0 Å². The van der Waals surface area contributed by atoms with Gasteiger partial charge >= 0.3 is 5.91 Å². The first-order valence-corrected chi connectivity index (χ1v) is 4.31. The Morgan fingerprint density at radius 3 is 2.57 bits per heavy atom. The molecular weight excluding hydrogens is 225 g/mol. The summed E-state index contributed by atoms with van der Waals surface area (Å²) in [6, 6.07) is 2.90. The Labute approximate surface area is 91.0 Å². The third-order valence-electron chi connectivity index (χ3n) is 1.60. The molecule has 0 N–H and O–H groups in total. The molecular formula is C9H5Cl2NO2. The quantitative estimate of drug-likeness (QED) is 0.731. The Morgan fingerprint density at radius 2 is 2.07 bits per heavy atom. The van der Waals surface area contributed by atoms with Crippen LogP contribution in [-0.4, -0.2) is 13.0 Å². The van der Waals surface area contributed by atoms with E-state index in [1.165, 1.54) is 19.2 Å². The Morgan fingerprint density at radius 1 is 1.43 bits per heavy atom. The van der Waals surface area contributed by atoms with Crippen LogP contribution < -0.4 is 4.74 Å². The van der Waals surface area contributed by atoms with E-state index < -0.39 is 5.91 Å². The zero-order chi connectivity index (χ0) is 10.7. The van der Waals surface area contributed by atoms with Crippen molar-refractivity contribution in [3.63, 3.8) is 0 Å². The summed E-state index contributed by atoms with van der Waals surface area (Å²) in [5.41, 5.74) is 0.0902. The summed E-state index contributed by atoms with van der Waals surface area (Å²) in [5.74, 6) is -0.363.